The number of thioether (sulfide) groups is 1. The summed E-state index contributed by atoms with van der Waals surface area (Å²) >= 11 is 13.1. The highest BCUT2D eigenvalue weighted by Gasteiger charge is 2.27. The van der Waals surface area contributed by atoms with Gasteiger partial charge in [0, 0.05) is 13.1 Å². The summed E-state index contributed by atoms with van der Waals surface area (Å²) < 4.78 is 12.7. The van der Waals surface area contributed by atoms with Crippen molar-refractivity contribution in [1.82, 2.24) is 15.1 Å². The second-order valence-electron chi connectivity index (χ2n) is 6.19. The molecule has 0 radical (unpaired) electrons. The fourth-order valence-electron chi connectivity index (χ4n) is 2.52. The minimum absolute atomic E-state index is 0.0704. The van der Waals surface area contributed by atoms with Crippen LogP contribution >= 0.6 is 35.0 Å². The number of hydrogen-bond donors (Lipinski definition) is 2. The first-order valence-corrected chi connectivity index (χ1v) is 9.99. The van der Waals surface area contributed by atoms with Crippen LogP contribution in [0.5, 0.6) is 17.4 Å². The molecule has 0 aliphatic carbocycles. The number of carbonyl (C=O) groups excluding carboxylic acids is 2. The van der Waals surface area contributed by atoms with E-state index in [9.17, 15) is 14.4 Å². The van der Waals surface area contributed by atoms with Gasteiger partial charge in [-0.15, -0.1) is 0 Å². The number of benzene rings is 1. The molecule has 1 aromatic heterocycles. The zero-order valence-electron chi connectivity index (χ0n) is 15.9. The van der Waals surface area contributed by atoms with E-state index in [0.29, 0.717) is 11.3 Å². The van der Waals surface area contributed by atoms with E-state index >= 15 is 0 Å². The molecule has 1 saturated heterocycles. The summed E-state index contributed by atoms with van der Waals surface area (Å²) in [6, 6.07) is 2.73. The lowest BCUT2D eigenvalue weighted by atomic mass is 10.2. The Morgan fingerprint density at radius 3 is 2.57 bits per heavy atom. The van der Waals surface area contributed by atoms with Crippen LogP contribution in [0.15, 0.2) is 17.0 Å². The average molecular weight is 472 g/mol. The van der Waals surface area contributed by atoms with Gasteiger partial charge in [-0.1, -0.05) is 23.2 Å². The first kappa shape index (κ1) is 22.0. The second-order valence-corrected chi connectivity index (χ2v) is 8.02. The van der Waals surface area contributed by atoms with Gasteiger partial charge < -0.3 is 14.6 Å². The molecule has 2 N–H and O–H groups in total. The summed E-state index contributed by atoms with van der Waals surface area (Å²) in [5.74, 6) is -1.23. The zero-order chi connectivity index (χ0) is 22.2. The third kappa shape index (κ3) is 4.55. The van der Waals surface area contributed by atoms with Gasteiger partial charge in [-0.3, -0.25) is 14.9 Å². The van der Waals surface area contributed by atoms with Crippen LogP contribution in [0.25, 0.3) is 6.08 Å². The Bertz CT molecular complexity index is 1100. The average Bonchev–Trinajstić information content (AvgIpc) is 3.10. The number of carboxylic acid groups (broad SMARTS) is 1. The maximum absolute atomic E-state index is 11.9. The van der Waals surface area contributed by atoms with Crippen molar-refractivity contribution in [2.45, 2.75) is 20.0 Å². The lowest BCUT2D eigenvalue weighted by Crippen LogP contribution is -2.23. The molecule has 9 nitrogen and oxygen atoms in total. The number of aryl methyl sites for hydroxylation is 2. The van der Waals surface area contributed by atoms with Gasteiger partial charge in [-0.2, -0.15) is 5.10 Å². The van der Waals surface area contributed by atoms with E-state index in [2.05, 4.69) is 10.4 Å². The van der Waals surface area contributed by atoms with E-state index in [-0.39, 0.29) is 32.3 Å². The molecule has 12 heteroatoms. The van der Waals surface area contributed by atoms with Crippen molar-refractivity contribution < 1.29 is 29.0 Å². The number of amides is 2. The van der Waals surface area contributed by atoms with E-state index in [4.69, 9.17) is 37.8 Å². The number of carboxylic acids is 1. The summed E-state index contributed by atoms with van der Waals surface area (Å²) in [4.78, 5) is 34.6. The Hall–Kier alpha value is -2.69. The molecule has 0 unspecified atom stereocenters. The maximum atomic E-state index is 11.9. The zero-order valence-corrected chi connectivity index (χ0v) is 18.2. The molecule has 1 aromatic carbocycles. The number of halogens is 2. The molecule has 30 heavy (non-hydrogen) atoms. The molecular weight excluding hydrogens is 457 g/mol. The summed E-state index contributed by atoms with van der Waals surface area (Å²) in [6.07, 6.45) is 0.349. The first-order chi connectivity index (χ1) is 14.1. The van der Waals surface area contributed by atoms with Gasteiger partial charge in [0.05, 0.1) is 26.2 Å². The first-order valence-electron chi connectivity index (χ1n) is 8.41. The molecule has 2 aromatic rings. The van der Waals surface area contributed by atoms with Gasteiger partial charge in [0.1, 0.15) is 5.75 Å². The number of ether oxygens (including phenoxy) is 2. The van der Waals surface area contributed by atoms with Crippen LogP contribution < -0.4 is 14.8 Å². The summed E-state index contributed by atoms with van der Waals surface area (Å²) in [5.41, 5.74) is 1.02. The molecule has 1 atom stereocenters. The van der Waals surface area contributed by atoms with Crippen molar-refractivity contribution in [3.8, 4) is 17.4 Å². The van der Waals surface area contributed by atoms with Gasteiger partial charge in [-0.25, -0.2) is 9.48 Å². The molecule has 2 amide bonds. The van der Waals surface area contributed by atoms with Gasteiger partial charge in [0.25, 0.3) is 11.1 Å². The number of carbonyl (C=O) groups is 3. The quantitative estimate of drug-likeness (QED) is 0.606. The number of nitrogens with zero attached hydrogens (tertiary/aromatic N) is 2. The maximum Gasteiger partial charge on any atom is 0.344 e. The third-order valence-corrected chi connectivity index (χ3v) is 5.38. The second kappa shape index (κ2) is 8.58. The smallest absolute Gasteiger partial charge is 0.344 e. The van der Waals surface area contributed by atoms with E-state index in [1.54, 1.807) is 14.0 Å². The van der Waals surface area contributed by atoms with Crippen LogP contribution in [0.2, 0.25) is 10.0 Å². The Labute approximate surface area is 184 Å². The van der Waals surface area contributed by atoms with Crippen LogP contribution in [0, 0.1) is 6.92 Å². The van der Waals surface area contributed by atoms with Crippen molar-refractivity contribution in [1.29, 1.82) is 0 Å². The van der Waals surface area contributed by atoms with Crippen LogP contribution in [-0.2, 0) is 16.6 Å². The molecule has 1 aliphatic heterocycles. The van der Waals surface area contributed by atoms with Crippen molar-refractivity contribution in [2.24, 2.45) is 7.05 Å². The largest absolute Gasteiger partial charge is 0.479 e. The topological polar surface area (TPSA) is 120 Å². The van der Waals surface area contributed by atoms with Gasteiger partial charge >= 0.3 is 5.97 Å². The molecule has 0 spiro atoms. The fraction of sp³-hybridized carbons (Fsp3) is 0.222. The normalized spacial score (nSPS) is 16.0. The fourth-order valence-corrected chi connectivity index (χ4v) is 3.65. The number of aliphatic carboxylic acids is 1. The lowest BCUT2D eigenvalue weighted by Gasteiger charge is -2.15. The monoisotopic (exact) mass is 471 g/mol. The van der Waals surface area contributed by atoms with Crippen molar-refractivity contribution in [3.05, 3.63) is 38.3 Å². The highest BCUT2D eigenvalue weighted by atomic mass is 35.5. The Balaban J connectivity index is 1.99. The van der Waals surface area contributed by atoms with Crippen LogP contribution in [-0.4, -0.2) is 38.1 Å². The Kier molecular flexibility index (Phi) is 6.30. The Morgan fingerprint density at radius 1 is 1.30 bits per heavy atom. The minimum Gasteiger partial charge on any atom is -0.479 e. The van der Waals surface area contributed by atoms with Crippen molar-refractivity contribution >= 4 is 58.2 Å². The van der Waals surface area contributed by atoms with E-state index in [0.717, 1.165) is 11.8 Å². The standard InChI is InChI=1S/C18H15Cl2N3O6S/c1-7-9(4-14-15(24)21-18(27)30-14)16(23(3)22-7)29-13-6-12(10(19)5-11(13)20)28-8(2)17(25)26/h4-6,8H,1-3H3,(H,25,26)(H,21,24,27)/b14-4-/t8-/m0/s1. The van der Waals surface area contributed by atoms with Crippen LogP contribution in [0.1, 0.15) is 18.2 Å². The van der Waals surface area contributed by atoms with Crippen molar-refractivity contribution in [2.75, 3.05) is 0 Å². The van der Waals surface area contributed by atoms with E-state index in [1.165, 1.54) is 29.8 Å². The Morgan fingerprint density at radius 2 is 1.97 bits per heavy atom. The number of rotatable bonds is 6. The highest BCUT2D eigenvalue weighted by Crippen LogP contribution is 2.40. The number of aromatic nitrogens is 2. The van der Waals surface area contributed by atoms with E-state index < -0.39 is 23.2 Å². The number of nitrogens with one attached hydrogen (secondary N) is 1. The molecule has 0 bridgehead atoms. The minimum atomic E-state index is -1.17. The lowest BCUT2D eigenvalue weighted by molar-refractivity contribution is -0.144. The van der Waals surface area contributed by atoms with Gasteiger partial charge in [-0.05, 0) is 37.8 Å². The number of imide groups is 1. The molecule has 0 saturated carbocycles. The van der Waals surface area contributed by atoms with Gasteiger partial charge in [0.2, 0.25) is 5.88 Å². The third-order valence-electron chi connectivity index (χ3n) is 3.98. The number of hydrogen-bond acceptors (Lipinski definition) is 7. The SMILES string of the molecule is Cc1nn(C)c(Oc2cc(O[C@@H](C)C(=O)O)c(Cl)cc2Cl)c1/C=C1\SC(=O)NC1=O. The predicted molar refractivity (Wildman–Crippen MR) is 111 cm³/mol. The molecule has 1 fully saturated rings. The molecular formula is C18H15Cl2N3O6S. The van der Waals surface area contributed by atoms with Crippen LogP contribution in [0.4, 0.5) is 4.79 Å². The molecule has 1 aliphatic rings. The van der Waals surface area contributed by atoms with Crippen LogP contribution in [0.3, 0.4) is 0 Å². The molecule has 3 rings (SSSR count). The molecule has 2 heterocycles. The predicted octanol–water partition coefficient (Wildman–Crippen LogP) is 4.00. The van der Waals surface area contributed by atoms with Gasteiger partial charge in [0.15, 0.2) is 11.9 Å². The summed E-state index contributed by atoms with van der Waals surface area (Å²) in [5, 5.41) is 15.3. The van der Waals surface area contributed by atoms with Crippen molar-refractivity contribution in [3.63, 3.8) is 0 Å². The highest BCUT2D eigenvalue weighted by molar-refractivity contribution is 8.18. The summed E-state index contributed by atoms with van der Waals surface area (Å²) in [7, 11) is 1.63. The summed E-state index contributed by atoms with van der Waals surface area (Å²) in [6.45, 7) is 3.07. The molecule has 158 valence electrons. The van der Waals surface area contributed by atoms with E-state index in [1.807, 2.05) is 0 Å².